The molecule has 0 saturated heterocycles. The average molecular weight is 337 g/mol. The molecule has 3 rings (SSSR count). The highest BCUT2D eigenvalue weighted by Crippen LogP contribution is 2.38. The van der Waals surface area contributed by atoms with E-state index in [1.807, 2.05) is 76.2 Å². The summed E-state index contributed by atoms with van der Waals surface area (Å²) in [4.78, 5) is 15.0. The van der Waals surface area contributed by atoms with Crippen LogP contribution in [0.15, 0.2) is 60.4 Å². The second-order valence-electron chi connectivity index (χ2n) is 6.58. The lowest BCUT2D eigenvalue weighted by Crippen LogP contribution is -2.44. The SMILES string of the molecule is CC(C)N(C(=O)C1=C(c2ccccc2)Oc2ccccc2O1)C(C)C. The van der Waals surface area contributed by atoms with Crippen molar-refractivity contribution in [2.75, 3.05) is 0 Å². The largest absolute Gasteiger partial charge is 0.449 e. The molecule has 0 atom stereocenters. The third-order valence-electron chi connectivity index (χ3n) is 4.06. The number of amides is 1. The number of rotatable bonds is 4. The third-order valence-corrected chi connectivity index (χ3v) is 4.06. The van der Waals surface area contributed by atoms with Gasteiger partial charge in [0.2, 0.25) is 5.76 Å². The van der Waals surface area contributed by atoms with Gasteiger partial charge in [-0.1, -0.05) is 42.5 Å². The molecular weight excluding hydrogens is 314 g/mol. The van der Waals surface area contributed by atoms with Crippen LogP contribution in [0, 0.1) is 0 Å². The highest BCUT2D eigenvalue weighted by Gasteiger charge is 2.33. The number of carbonyl (C=O) groups is 1. The zero-order chi connectivity index (χ0) is 18.0. The zero-order valence-electron chi connectivity index (χ0n) is 15.0. The van der Waals surface area contributed by atoms with Gasteiger partial charge in [-0.15, -0.1) is 0 Å². The molecule has 130 valence electrons. The van der Waals surface area contributed by atoms with E-state index in [9.17, 15) is 4.79 Å². The minimum absolute atomic E-state index is 0.0535. The van der Waals surface area contributed by atoms with Crippen molar-refractivity contribution in [1.82, 2.24) is 4.90 Å². The summed E-state index contributed by atoms with van der Waals surface area (Å²) in [5.74, 6) is 1.68. The molecule has 1 amide bonds. The number of para-hydroxylation sites is 2. The van der Waals surface area contributed by atoms with E-state index >= 15 is 0 Å². The van der Waals surface area contributed by atoms with Gasteiger partial charge in [-0.05, 0) is 39.8 Å². The first-order valence-corrected chi connectivity index (χ1v) is 8.56. The summed E-state index contributed by atoms with van der Waals surface area (Å²) >= 11 is 0. The molecule has 0 saturated carbocycles. The van der Waals surface area contributed by atoms with Crippen LogP contribution in [0.25, 0.3) is 5.76 Å². The number of nitrogens with zero attached hydrogens (tertiary/aromatic N) is 1. The molecule has 0 radical (unpaired) electrons. The first-order chi connectivity index (χ1) is 12.0. The normalized spacial score (nSPS) is 13.4. The second-order valence-corrected chi connectivity index (χ2v) is 6.58. The number of fused-ring (bicyclic) bond motifs is 1. The first kappa shape index (κ1) is 17.1. The maximum atomic E-state index is 13.2. The molecule has 0 fully saturated rings. The molecule has 4 heteroatoms. The Kier molecular flexibility index (Phi) is 4.79. The van der Waals surface area contributed by atoms with Crippen LogP contribution in [-0.2, 0) is 4.79 Å². The highest BCUT2D eigenvalue weighted by molar-refractivity contribution is 5.99. The van der Waals surface area contributed by atoms with Crippen LogP contribution in [0.4, 0.5) is 0 Å². The standard InChI is InChI=1S/C21H23NO3/c1-14(2)22(15(3)4)21(23)20-19(16-10-6-5-7-11-16)24-17-12-8-9-13-18(17)25-20/h5-15H,1-4H3. The van der Waals surface area contributed by atoms with Gasteiger partial charge in [0.15, 0.2) is 17.3 Å². The van der Waals surface area contributed by atoms with E-state index in [-0.39, 0.29) is 23.8 Å². The summed E-state index contributed by atoms with van der Waals surface area (Å²) in [5.41, 5.74) is 0.813. The monoisotopic (exact) mass is 337 g/mol. The maximum absolute atomic E-state index is 13.2. The van der Waals surface area contributed by atoms with Gasteiger partial charge >= 0.3 is 0 Å². The lowest BCUT2D eigenvalue weighted by atomic mass is 10.1. The Morgan fingerprint density at radius 2 is 1.32 bits per heavy atom. The molecule has 2 aromatic carbocycles. The van der Waals surface area contributed by atoms with Crippen LogP contribution in [-0.4, -0.2) is 22.9 Å². The van der Waals surface area contributed by atoms with Gasteiger partial charge in [0, 0.05) is 17.6 Å². The van der Waals surface area contributed by atoms with Gasteiger partial charge in [0.1, 0.15) is 0 Å². The van der Waals surface area contributed by atoms with Crippen LogP contribution < -0.4 is 9.47 Å². The summed E-state index contributed by atoms with van der Waals surface area (Å²) in [7, 11) is 0. The predicted octanol–water partition coefficient (Wildman–Crippen LogP) is 4.47. The van der Waals surface area contributed by atoms with Gasteiger partial charge in [-0.2, -0.15) is 0 Å². The fraction of sp³-hybridized carbons (Fsp3) is 0.286. The second kappa shape index (κ2) is 7.01. The van der Waals surface area contributed by atoms with Crippen LogP contribution in [0.5, 0.6) is 11.5 Å². The van der Waals surface area contributed by atoms with Crippen molar-refractivity contribution >= 4 is 11.7 Å². The van der Waals surface area contributed by atoms with E-state index in [0.717, 1.165) is 5.56 Å². The van der Waals surface area contributed by atoms with Crippen molar-refractivity contribution in [3.05, 3.63) is 65.9 Å². The predicted molar refractivity (Wildman–Crippen MR) is 98.2 cm³/mol. The third kappa shape index (κ3) is 3.38. The smallest absolute Gasteiger partial charge is 0.294 e. The summed E-state index contributed by atoms with van der Waals surface area (Å²) in [6.07, 6.45) is 0. The first-order valence-electron chi connectivity index (χ1n) is 8.56. The van der Waals surface area contributed by atoms with Crippen LogP contribution in [0.3, 0.4) is 0 Å². The Morgan fingerprint density at radius 1 is 0.800 bits per heavy atom. The highest BCUT2D eigenvalue weighted by atomic mass is 16.6. The molecule has 0 bridgehead atoms. The Labute approximate surface area is 148 Å². The van der Waals surface area contributed by atoms with E-state index in [4.69, 9.17) is 9.47 Å². The molecule has 1 heterocycles. The molecule has 1 aliphatic rings. The van der Waals surface area contributed by atoms with Crippen LogP contribution >= 0.6 is 0 Å². The molecule has 0 spiro atoms. The van der Waals surface area contributed by atoms with E-state index < -0.39 is 0 Å². The average Bonchev–Trinajstić information content (AvgIpc) is 2.60. The van der Waals surface area contributed by atoms with E-state index in [1.54, 1.807) is 11.0 Å². The molecule has 0 aromatic heterocycles. The number of hydrogen-bond donors (Lipinski definition) is 0. The lowest BCUT2D eigenvalue weighted by Gasteiger charge is -2.33. The number of carbonyl (C=O) groups excluding carboxylic acids is 1. The number of benzene rings is 2. The summed E-state index contributed by atoms with van der Waals surface area (Å²) < 4.78 is 12.1. The van der Waals surface area contributed by atoms with E-state index in [2.05, 4.69) is 0 Å². The van der Waals surface area contributed by atoms with Gasteiger partial charge in [0.05, 0.1) is 0 Å². The van der Waals surface area contributed by atoms with Crippen molar-refractivity contribution in [2.24, 2.45) is 0 Å². The van der Waals surface area contributed by atoms with E-state index in [1.165, 1.54) is 0 Å². The van der Waals surface area contributed by atoms with Crippen LogP contribution in [0.1, 0.15) is 33.3 Å². The molecule has 0 aliphatic carbocycles. The fourth-order valence-corrected chi connectivity index (χ4v) is 3.03. The van der Waals surface area contributed by atoms with Crippen molar-refractivity contribution in [3.63, 3.8) is 0 Å². The Morgan fingerprint density at radius 3 is 1.88 bits per heavy atom. The summed E-state index contributed by atoms with van der Waals surface area (Å²) in [6, 6.07) is 17.1. The Balaban J connectivity index is 2.10. The lowest BCUT2D eigenvalue weighted by molar-refractivity contribution is -0.133. The molecule has 0 unspecified atom stereocenters. The molecule has 0 N–H and O–H groups in total. The van der Waals surface area contributed by atoms with Gasteiger partial charge in [-0.3, -0.25) is 4.79 Å². The van der Waals surface area contributed by atoms with E-state index in [0.29, 0.717) is 17.3 Å². The molecule has 1 aliphatic heterocycles. The zero-order valence-corrected chi connectivity index (χ0v) is 15.0. The Bertz CT molecular complexity index is 786. The van der Waals surface area contributed by atoms with Gasteiger partial charge < -0.3 is 14.4 Å². The number of hydrogen-bond acceptors (Lipinski definition) is 3. The summed E-state index contributed by atoms with van der Waals surface area (Å²) in [6.45, 7) is 7.99. The van der Waals surface area contributed by atoms with Crippen molar-refractivity contribution < 1.29 is 14.3 Å². The van der Waals surface area contributed by atoms with Gasteiger partial charge in [-0.25, -0.2) is 0 Å². The van der Waals surface area contributed by atoms with Crippen molar-refractivity contribution in [2.45, 2.75) is 39.8 Å². The van der Waals surface area contributed by atoms with Crippen molar-refractivity contribution in [3.8, 4) is 11.5 Å². The molecular formula is C21H23NO3. The maximum Gasteiger partial charge on any atom is 0.294 e. The molecule has 4 nitrogen and oxygen atoms in total. The molecule has 25 heavy (non-hydrogen) atoms. The minimum atomic E-state index is -0.168. The quantitative estimate of drug-likeness (QED) is 0.826. The number of ether oxygens (including phenoxy) is 2. The molecule has 2 aromatic rings. The van der Waals surface area contributed by atoms with Crippen LogP contribution in [0.2, 0.25) is 0 Å². The van der Waals surface area contributed by atoms with Crippen molar-refractivity contribution in [1.29, 1.82) is 0 Å². The topological polar surface area (TPSA) is 38.8 Å². The summed E-state index contributed by atoms with van der Waals surface area (Å²) in [5, 5.41) is 0. The van der Waals surface area contributed by atoms with Gasteiger partial charge in [0.25, 0.3) is 5.91 Å². The fourth-order valence-electron chi connectivity index (χ4n) is 3.03. The minimum Gasteiger partial charge on any atom is -0.449 e. The Hall–Kier alpha value is -2.75.